The number of halogens is 2. The molecule has 2 rings (SSSR count). The van der Waals surface area contributed by atoms with E-state index in [2.05, 4.69) is 20.9 Å². The van der Waals surface area contributed by atoms with Crippen molar-refractivity contribution >= 4 is 26.0 Å². The van der Waals surface area contributed by atoms with E-state index in [1.807, 2.05) is 24.3 Å². The highest BCUT2D eigenvalue weighted by atomic mass is 79.9. The Labute approximate surface area is 125 Å². The molecule has 0 radical (unpaired) electrons. The van der Waals surface area contributed by atoms with Gasteiger partial charge in [-0.2, -0.15) is 4.31 Å². The molecule has 20 heavy (non-hydrogen) atoms. The Morgan fingerprint density at radius 1 is 1.25 bits per heavy atom. The van der Waals surface area contributed by atoms with E-state index >= 15 is 0 Å². The lowest BCUT2D eigenvalue weighted by Crippen LogP contribution is -2.26. The fourth-order valence-electron chi connectivity index (χ4n) is 1.65. The summed E-state index contributed by atoms with van der Waals surface area (Å²) >= 11 is 3.31. The summed E-state index contributed by atoms with van der Waals surface area (Å²) in [5.74, 6) is -0.678. The maximum Gasteiger partial charge on any atom is 0.244 e. The molecule has 1 aromatic heterocycles. The van der Waals surface area contributed by atoms with Gasteiger partial charge < -0.3 is 0 Å². The van der Waals surface area contributed by atoms with E-state index in [4.69, 9.17) is 0 Å². The predicted molar refractivity (Wildman–Crippen MR) is 77.0 cm³/mol. The van der Waals surface area contributed by atoms with E-state index in [-0.39, 0.29) is 11.4 Å². The second-order valence-corrected chi connectivity index (χ2v) is 7.19. The van der Waals surface area contributed by atoms with Gasteiger partial charge in [0.25, 0.3) is 0 Å². The summed E-state index contributed by atoms with van der Waals surface area (Å²) in [6.45, 7) is 0.201. The standard InChI is InChI=1S/C13H12BrFN2O2S/c1-17(9-10-2-4-11(14)5-3-10)20(18,19)13-6-12(15)7-16-8-13/h2-8H,9H2,1H3. The number of benzene rings is 1. The lowest BCUT2D eigenvalue weighted by Gasteiger charge is -2.17. The molecule has 1 heterocycles. The zero-order valence-electron chi connectivity index (χ0n) is 10.6. The van der Waals surface area contributed by atoms with E-state index in [0.29, 0.717) is 0 Å². The van der Waals surface area contributed by atoms with Crippen LogP contribution in [0.3, 0.4) is 0 Å². The van der Waals surface area contributed by atoms with Crippen LogP contribution in [0.5, 0.6) is 0 Å². The van der Waals surface area contributed by atoms with Crippen LogP contribution in [0.15, 0.2) is 52.1 Å². The Morgan fingerprint density at radius 3 is 2.50 bits per heavy atom. The second kappa shape index (κ2) is 5.99. The van der Waals surface area contributed by atoms with Gasteiger partial charge in [-0.1, -0.05) is 28.1 Å². The predicted octanol–water partition coefficient (Wildman–Crippen LogP) is 2.80. The minimum Gasteiger partial charge on any atom is -0.260 e. The molecule has 0 bridgehead atoms. The van der Waals surface area contributed by atoms with Crippen LogP contribution in [-0.4, -0.2) is 24.8 Å². The van der Waals surface area contributed by atoms with Crippen LogP contribution in [0.2, 0.25) is 0 Å². The second-order valence-electron chi connectivity index (χ2n) is 4.23. The summed E-state index contributed by atoms with van der Waals surface area (Å²) in [6, 6.07) is 8.26. The molecule has 0 spiro atoms. The third kappa shape index (κ3) is 3.41. The van der Waals surface area contributed by atoms with Crippen molar-refractivity contribution < 1.29 is 12.8 Å². The summed E-state index contributed by atoms with van der Waals surface area (Å²) in [5.41, 5.74) is 0.837. The molecule has 7 heteroatoms. The number of hydrogen-bond acceptors (Lipinski definition) is 3. The first-order valence-electron chi connectivity index (χ1n) is 5.71. The highest BCUT2D eigenvalue weighted by Gasteiger charge is 2.21. The van der Waals surface area contributed by atoms with Gasteiger partial charge in [0.1, 0.15) is 10.7 Å². The van der Waals surface area contributed by atoms with Crippen molar-refractivity contribution in [3.8, 4) is 0 Å². The number of aromatic nitrogens is 1. The Bertz CT molecular complexity index is 705. The van der Waals surface area contributed by atoms with Crippen molar-refractivity contribution in [2.24, 2.45) is 0 Å². The fraction of sp³-hybridized carbons (Fsp3) is 0.154. The molecule has 0 saturated heterocycles. The molecular weight excluding hydrogens is 347 g/mol. The maximum absolute atomic E-state index is 13.1. The van der Waals surface area contributed by atoms with Crippen LogP contribution in [0, 0.1) is 5.82 Å². The summed E-state index contributed by atoms with van der Waals surface area (Å²) in [5, 5.41) is 0. The molecule has 0 fully saturated rings. The van der Waals surface area contributed by atoms with Crippen molar-refractivity contribution in [1.29, 1.82) is 0 Å². The van der Waals surface area contributed by atoms with Gasteiger partial charge in [-0.15, -0.1) is 0 Å². The van der Waals surface area contributed by atoms with Gasteiger partial charge in [-0.3, -0.25) is 4.98 Å². The molecule has 2 aromatic rings. The highest BCUT2D eigenvalue weighted by Crippen LogP contribution is 2.18. The van der Waals surface area contributed by atoms with Crippen LogP contribution in [0.1, 0.15) is 5.56 Å². The van der Waals surface area contributed by atoms with Gasteiger partial charge >= 0.3 is 0 Å². The number of hydrogen-bond donors (Lipinski definition) is 0. The van der Waals surface area contributed by atoms with E-state index in [9.17, 15) is 12.8 Å². The maximum atomic E-state index is 13.1. The highest BCUT2D eigenvalue weighted by molar-refractivity contribution is 9.10. The average molecular weight is 359 g/mol. The van der Waals surface area contributed by atoms with Crippen LogP contribution < -0.4 is 0 Å². The molecule has 0 aliphatic carbocycles. The lowest BCUT2D eigenvalue weighted by atomic mass is 10.2. The molecule has 0 atom stereocenters. The molecule has 106 valence electrons. The van der Waals surface area contributed by atoms with Crippen molar-refractivity contribution in [3.63, 3.8) is 0 Å². The smallest absolute Gasteiger partial charge is 0.244 e. The minimum absolute atomic E-state index is 0.155. The first-order chi connectivity index (χ1) is 9.39. The largest absolute Gasteiger partial charge is 0.260 e. The normalized spacial score (nSPS) is 11.8. The Morgan fingerprint density at radius 2 is 1.90 bits per heavy atom. The Balaban J connectivity index is 2.23. The quantitative estimate of drug-likeness (QED) is 0.844. The topological polar surface area (TPSA) is 50.3 Å². The number of pyridine rings is 1. The molecule has 0 aliphatic heterocycles. The molecule has 4 nitrogen and oxygen atoms in total. The van der Waals surface area contributed by atoms with Crippen LogP contribution in [0.4, 0.5) is 4.39 Å². The zero-order chi connectivity index (χ0) is 14.8. The van der Waals surface area contributed by atoms with Crippen LogP contribution in [-0.2, 0) is 16.6 Å². The number of nitrogens with zero attached hydrogens (tertiary/aromatic N) is 2. The fourth-order valence-corrected chi connectivity index (χ4v) is 3.04. The number of sulfonamides is 1. The van der Waals surface area contributed by atoms with Crippen molar-refractivity contribution in [2.75, 3.05) is 7.05 Å². The SMILES string of the molecule is CN(Cc1ccc(Br)cc1)S(=O)(=O)c1cncc(F)c1. The summed E-state index contributed by atoms with van der Waals surface area (Å²) < 4.78 is 39.7. The van der Waals surface area contributed by atoms with E-state index in [0.717, 1.165) is 32.8 Å². The lowest BCUT2D eigenvalue weighted by molar-refractivity contribution is 0.465. The third-order valence-corrected chi connectivity index (χ3v) is 5.00. The van der Waals surface area contributed by atoms with Gasteiger partial charge in [0, 0.05) is 24.3 Å². The van der Waals surface area contributed by atoms with Gasteiger partial charge in [-0.25, -0.2) is 12.8 Å². The first kappa shape index (κ1) is 15.1. The van der Waals surface area contributed by atoms with Crippen molar-refractivity contribution in [2.45, 2.75) is 11.4 Å². The first-order valence-corrected chi connectivity index (χ1v) is 7.94. The molecule has 0 unspecified atom stereocenters. The molecule has 0 aliphatic rings. The van der Waals surface area contributed by atoms with E-state index < -0.39 is 15.8 Å². The number of rotatable bonds is 4. The van der Waals surface area contributed by atoms with Gasteiger partial charge in [-0.05, 0) is 23.8 Å². The minimum atomic E-state index is -3.75. The Hall–Kier alpha value is -1.31. The Kier molecular flexibility index (Phi) is 4.52. The molecule has 0 N–H and O–H groups in total. The summed E-state index contributed by atoms with van der Waals surface area (Å²) in [6.07, 6.45) is 2.10. The van der Waals surface area contributed by atoms with Crippen LogP contribution >= 0.6 is 15.9 Å². The molecule has 1 aromatic carbocycles. The van der Waals surface area contributed by atoms with E-state index in [1.165, 1.54) is 7.05 Å². The van der Waals surface area contributed by atoms with E-state index in [1.54, 1.807) is 0 Å². The van der Waals surface area contributed by atoms with Crippen molar-refractivity contribution in [3.05, 3.63) is 58.6 Å². The van der Waals surface area contributed by atoms with Crippen molar-refractivity contribution in [1.82, 2.24) is 9.29 Å². The molecular formula is C13H12BrFN2O2S. The average Bonchev–Trinajstić information content (AvgIpc) is 2.41. The van der Waals surface area contributed by atoms with Gasteiger partial charge in [0.15, 0.2) is 0 Å². The third-order valence-electron chi connectivity index (χ3n) is 2.71. The zero-order valence-corrected chi connectivity index (χ0v) is 13.0. The monoisotopic (exact) mass is 358 g/mol. The summed E-state index contributed by atoms with van der Waals surface area (Å²) in [7, 11) is -2.30. The van der Waals surface area contributed by atoms with Gasteiger partial charge in [0.2, 0.25) is 10.0 Å². The van der Waals surface area contributed by atoms with Gasteiger partial charge in [0.05, 0.1) is 6.20 Å². The van der Waals surface area contributed by atoms with Crippen LogP contribution in [0.25, 0.3) is 0 Å². The molecule has 0 amide bonds. The molecule has 0 saturated carbocycles. The summed E-state index contributed by atoms with van der Waals surface area (Å²) in [4.78, 5) is 3.41.